The Balaban J connectivity index is 1.63. The number of amides is 1. The lowest BCUT2D eigenvalue weighted by Crippen LogP contribution is -2.58. The molecule has 0 aliphatic carbocycles. The molecule has 1 aromatic heterocycles. The quantitative estimate of drug-likeness (QED) is 0.898. The number of carbonyl (C=O) groups excluding carboxylic acids is 1. The SMILES string of the molecule is Cn1cc([C@]2(C)CN(C(=O)C3(c4ccccc4)CCNCC3)CCO2)cn1. The highest BCUT2D eigenvalue weighted by atomic mass is 16.5. The molecule has 0 bridgehead atoms. The molecular weight excluding hydrogens is 340 g/mol. The van der Waals surface area contributed by atoms with Crippen LogP contribution in [0.25, 0.3) is 0 Å². The van der Waals surface area contributed by atoms with Gasteiger partial charge in [0.15, 0.2) is 0 Å². The minimum atomic E-state index is -0.521. The van der Waals surface area contributed by atoms with Crippen molar-refractivity contribution in [2.24, 2.45) is 7.05 Å². The molecule has 6 nitrogen and oxygen atoms in total. The van der Waals surface area contributed by atoms with Gasteiger partial charge in [0.05, 0.1) is 24.8 Å². The van der Waals surface area contributed by atoms with Crippen LogP contribution in [0.1, 0.15) is 30.9 Å². The number of hydrogen-bond acceptors (Lipinski definition) is 4. The number of aryl methyl sites for hydroxylation is 1. The van der Waals surface area contributed by atoms with Crippen molar-refractivity contribution < 1.29 is 9.53 Å². The largest absolute Gasteiger partial charge is 0.367 e. The Labute approximate surface area is 160 Å². The van der Waals surface area contributed by atoms with E-state index in [-0.39, 0.29) is 5.91 Å². The van der Waals surface area contributed by atoms with E-state index in [1.54, 1.807) is 4.68 Å². The maximum atomic E-state index is 13.8. The average molecular weight is 368 g/mol. The molecule has 1 aromatic carbocycles. The van der Waals surface area contributed by atoms with Gasteiger partial charge in [0.2, 0.25) is 5.91 Å². The molecule has 2 aromatic rings. The van der Waals surface area contributed by atoms with Crippen molar-refractivity contribution in [2.75, 3.05) is 32.8 Å². The maximum absolute atomic E-state index is 13.8. The van der Waals surface area contributed by atoms with Crippen LogP contribution in [-0.4, -0.2) is 53.4 Å². The van der Waals surface area contributed by atoms with Crippen molar-refractivity contribution in [2.45, 2.75) is 30.8 Å². The molecular formula is C21H28N4O2. The maximum Gasteiger partial charge on any atom is 0.233 e. The lowest BCUT2D eigenvalue weighted by Gasteiger charge is -2.45. The van der Waals surface area contributed by atoms with Crippen molar-refractivity contribution in [1.29, 1.82) is 0 Å². The summed E-state index contributed by atoms with van der Waals surface area (Å²) in [6.07, 6.45) is 5.48. The Morgan fingerprint density at radius 1 is 1.19 bits per heavy atom. The fourth-order valence-electron chi connectivity index (χ4n) is 4.45. The number of carbonyl (C=O) groups is 1. The van der Waals surface area contributed by atoms with Crippen LogP contribution < -0.4 is 5.32 Å². The molecule has 1 atom stereocenters. The first kappa shape index (κ1) is 18.2. The van der Waals surface area contributed by atoms with Crippen LogP contribution in [0.2, 0.25) is 0 Å². The standard InChI is InChI=1S/C21H28N4O2/c1-20(18-14-23-24(2)15-18)16-25(12-13-27-20)19(26)21(8-10-22-11-9-21)17-6-4-3-5-7-17/h3-7,14-15,22H,8-13,16H2,1-2H3/t20-/m0/s1. The van der Waals surface area contributed by atoms with Crippen LogP contribution in [-0.2, 0) is 27.6 Å². The topological polar surface area (TPSA) is 59.4 Å². The van der Waals surface area contributed by atoms with Gasteiger partial charge in [0.1, 0.15) is 5.60 Å². The summed E-state index contributed by atoms with van der Waals surface area (Å²) in [5.74, 6) is 0.230. The van der Waals surface area contributed by atoms with Gasteiger partial charge in [-0.05, 0) is 38.4 Å². The summed E-state index contributed by atoms with van der Waals surface area (Å²) in [7, 11) is 1.90. The summed E-state index contributed by atoms with van der Waals surface area (Å²) in [6.45, 7) is 5.52. The van der Waals surface area contributed by atoms with E-state index in [0.717, 1.165) is 37.1 Å². The molecule has 2 saturated heterocycles. The monoisotopic (exact) mass is 368 g/mol. The number of hydrogen-bond donors (Lipinski definition) is 1. The van der Waals surface area contributed by atoms with E-state index in [1.165, 1.54) is 0 Å². The van der Waals surface area contributed by atoms with Gasteiger partial charge in [0.25, 0.3) is 0 Å². The zero-order chi connectivity index (χ0) is 18.9. The Morgan fingerprint density at radius 3 is 2.59 bits per heavy atom. The first-order valence-electron chi connectivity index (χ1n) is 9.72. The van der Waals surface area contributed by atoms with E-state index < -0.39 is 11.0 Å². The van der Waals surface area contributed by atoms with Gasteiger partial charge in [-0.1, -0.05) is 30.3 Å². The van der Waals surface area contributed by atoms with Gasteiger partial charge in [-0.2, -0.15) is 5.10 Å². The molecule has 1 amide bonds. The Bertz CT molecular complexity index is 798. The summed E-state index contributed by atoms with van der Waals surface area (Å²) in [5, 5.41) is 7.69. The predicted molar refractivity (Wildman–Crippen MR) is 103 cm³/mol. The summed E-state index contributed by atoms with van der Waals surface area (Å²) in [6, 6.07) is 10.3. The molecule has 0 saturated carbocycles. The predicted octanol–water partition coefficient (Wildman–Crippen LogP) is 1.82. The van der Waals surface area contributed by atoms with Crippen LogP contribution in [0.15, 0.2) is 42.7 Å². The molecule has 0 spiro atoms. The molecule has 0 radical (unpaired) electrons. The molecule has 2 fully saturated rings. The number of piperidine rings is 1. The number of morpholine rings is 1. The van der Waals surface area contributed by atoms with Gasteiger partial charge in [0, 0.05) is 25.4 Å². The third kappa shape index (κ3) is 3.28. The van der Waals surface area contributed by atoms with Crippen molar-refractivity contribution in [1.82, 2.24) is 20.0 Å². The molecule has 2 aliphatic heterocycles. The lowest BCUT2D eigenvalue weighted by molar-refractivity contribution is -0.156. The van der Waals surface area contributed by atoms with Gasteiger partial charge >= 0.3 is 0 Å². The molecule has 144 valence electrons. The van der Waals surface area contributed by atoms with Crippen LogP contribution in [0, 0.1) is 0 Å². The molecule has 1 N–H and O–H groups in total. The Morgan fingerprint density at radius 2 is 1.93 bits per heavy atom. The first-order valence-corrected chi connectivity index (χ1v) is 9.72. The molecule has 2 aliphatic rings. The lowest BCUT2D eigenvalue weighted by atomic mass is 9.71. The first-order chi connectivity index (χ1) is 13.0. The molecule has 4 rings (SSSR count). The Kier molecular flexibility index (Phi) is 4.78. The fraction of sp³-hybridized carbons (Fsp3) is 0.524. The number of nitrogens with zero attached hydrogens (tertiary/aromatic N) is 3. The van der Waals surface area contributed by atoms with E-state index in [0.29, 0.717) is 19.7 Å². The normalized spacial score (nSPS) is 25.3. The smallest absolute Gasteiger partial charge is 0.233 e. The zero-order valence-corrected chi connectivity index (χ0v) is 16.1. The van der Waals surface area contributed by atoms with Gasteiger partial charge in [-0.3, -0.25) is 9.48 Å². The molecule has 6 heteroatoms. The average Bonchev–Trinajstić information content (AvgIpc) is 3.16. The van der Waals surface area contributed by atoms with Gasteiger partial charge < -0.3 is 15.0 Å². The Hall–Kier alpha value is -2.18. The second kappa shape index (κ2) is 7.09. The third-order valence-corrected chi connectivity index (χ3v) is 6.07. The number of aromatic nitrogens is 2. The van der Waals surface area contributed by atoms with Gasteiger partial charge in [-0.25, -0.2) is 0 Å². The molecule has 3 heterocycles. The summed E-state index contributed by atoms with van der Waals surface area (Å²) < 4.78 is 7.89. The van der Waals surface area contributed by atoms with E-state index in [1.807, 2.05) is 42.5 Å². The molecule has 27 heavy (non-hydrogen) atoms. The van der Waals surface area contributed by atoms with Crippen LogP contribution in [0.5, 0.6) is 0 Å². The van der Waals surface area contributed by atoms with Crippen molar-refractivity contribution >= 4 is 5.91 Å². The third-order valence-electron chi connectivity index (χ3n) is 6.07. The van der Waals surface area contributed by atoms with Crippen LogP contribution in [0.3, 0.4) is 0 Å². The second-order valence-corrected chi connectivity index (χ2v) is 7.91. The van der Waals surface area contributed by atoms with E-state index in [4.69, 9.17) is 4.74 Å². The van der Waals surface area contributed by atoms with E-state index in [2.05, 4.69) is 29.5 Å². The number of benzene rings is 1. The summed E-state index contributed by atoms with van der Waals surface area (Å²) in [4.78, 5) is 15.8. The minimum absolute atomic E-state index is 0.230. The zero-order valence-electron chi connectivity index (χ0n) is 16.1. The second-order valence-electron chi connectivity index (χ2n) is 7.91. The number of nitrogens with one attached hydrogen (secondary N) is 1. The fourth-order valence-corrected chi connectivity index (χ4v) is 4.45. The van der Waals surface area contributed by atoms with Crippen molar-refractivity contribution in [3.05, 3.63) is 53.9 Å². The molecule has 0 unspecified atom stereocenters. The summed E-state index contributed by atoms with van der Waals surface area (Å²) in [5.41, 5.74) is 1.18. The highest BCUT2D eigenvalue weighted by Gasteiger charge is 2.46. The summed E-state index contributed by atoms with van der Waals surface area (Å²) >= 11 is 0. The van der Waals surface area contributed by atoms with Crippen LogP contribution >= 0.6 is 0 Å². The highest BCUT2D eigenvalue weighted by molar-refractivity contribution is 5.88. The number of rotatable bonds is 3. The van der Waals surface area contributed by atoms with Crippen LogP contribution in [0.4, 0.5) is 0 Å². The van der Waals surface area contributed by atoms with Crippen molar-refractivity contribution in [3.63, 3.8) is 0 Å². The minimum Gasteiger partial charge on any atom is -0.367 e. The van der Waals surface area contributed by atoms with Crippen molar-refractivity contribution in [3.8, 4) is 0 Å². The van der Waals surface area contributed by atoms with Gasteiger partial charge in [-0.15, -0.1) is 0 Å². The van der Waals surface area contributed by atoms with E-state index in [9.17, 15) is 4.79 Å². The highest BCUT2D eigenvalue weighted by Crippen LogP contribution is 2.38. The number of ether oxygens (including phenoxy) is 1. The van der Waals surface area contributed by atoms with E-state index >= 15 is 0 Å².